The van der Waals surface area contributed by atoms with E-state index in [1.165, 1.54) is 19.3 Å². The first-order chi connectivity index (χ1) is 13.6. The van der Waals surface area contributed by atoms with Crippen LogP contribution in [0.15, 0.2) is 48.5 Å². The van der Waals surface area contributed by atoms with Gasteiger partial charge in [0.15, 0.2) is 0 Å². The Hall–Kier alpha value is -2.24. The predicted molar refractivity (Wildman–Crippen MR) is 114 cm³/mol. The first kappa shape index (κ1) is 20.5. The van der Waals surface area contributed by atoms with E-state index in [2.05, 4.69) is 17.6 Å². The van der Waals surface area contributed by atoms with Crippen molar-refractivity contribution in [3.63, 3.8) is 0 Å². The molecular weight excluding hydrogens is 374 g/mol. The molecule has 0 aliphatic rings. The summed E-state index contributed by atoms with van der Waals surface area (Å²) < 4.78 is 9.80. The molecule has 0 radical (unpaired) electrons. The second kappa shape index (κ2) is 9.80. The fraction of sp³-hybridized carbons (Fsp3) is 0.409. The number of nitrogens with two attached hydrogens (primary N) is 1. The fourth-order valence-corrected chi connectivity index (χ4v) is 3.55. The number of halogens is 1. The van der Waals surface area contributed by atoms with Gasteiger partial charge in [-0.2, -0.15) is 0 Å². The number of rotatable bonds is 10. The lowest BCUT2D eigenvalue weighted by atomic mass is 10.2. The Bertz CT molecular complexity index is 893. The van der Waals surface area contributed by atoms with Crippen molar-refractivity contribution in [2.75, 3.05) is 12.3 Å². The largest absolute Gasteiger partial charge is 0.491 e. The standard InChI is InChI=1S/C22H28ClN3O2/c1-2-3-4-7-14-25-20-8-5-6-9-21(20)26(22(25)24)15-18(27)16-28-19-12-10-17(23)11-13-19/h5-6,8-13,18,24,27H,2-4,7,14-16H2,1H3/p+1. The number of nitrogen functional groups attached to an aromatic ring is 1. The number of fused-ring (bicyclic) bond motifs is 1. The summed E-state index contributed by atoms with van der Waals surface area (Å²) in [6.45, 7) is 3.66. The molecule has 3 rings (SSSR count). The van der Waals surface area contributed by atoms with Gasteiger partial charge in [-0.1, -0.05) is 49.9 Å². The number of aryl methyl sites for hydroxylation is 1. The summed E-state index contributed by atoms with van der Waals surface area (Å²) in [5.41, 5.74) is 8.59. The average molecular weight is 403 g/mol. The molecule has 0 amide bonds. The smallest absolute Gasteiger partial charge is 0.356 e. The maximum absolute atomic E-state index is 10.5. The molecule has 3 aromatic rings. The average Bonchev–Trinajstić information content (AvgIpc) is 2.96. The molecule has 0 saturated carbocycles. The molecule has 2 aromatic carbocycles. The number of hydrogen-bond acceptors (Lipinski definition) is 3. The summed E-state index contributed by atoms with van der Waals surface area (Å²) in [6, 6.07) is 15.3. The van der Waals surface area contributed by atoms with E-state index in [0.29, 0.717) is 23.3 Å². The van der Waals surface area contributed by atoms with Crippen LogP contribution in [0.4, 0.5) is 5.95 Å². The van der Waals surface area contributed by atoms with Crippen LogP contribution in [0.5, 0.6) is 5.75 Å². The van der Waals surface area contributed by atoms with E-state index >= 15 is 0 Å². The molecule has 0 aliphatic heterocycles. The van der Waals surface area contributed by atoms with Gasteiger partial charge in [0.05, 0.1) is 6.54 Å². The van der Waals surface area contributed by atoms with Gasteiger partial charge in [-0.15, -0.1) is 0 Å². The molecule has 1 heterocycles. The Balaban J connectivity index is 1.70. The molecule has 0 saturated heterocycles. The second-order valence-corrected chi connectivity index (χ2v) is 7.53. The van der Waals surface area contributed by atoms with Crippen molar-refractivity contribution in [2.45, 2.75) is 51.8 Å². The molecule has 0 aliphatic carbocycles. The number of benzene rings is 2. The van der Waals surface area contributed by atoms with Gasteiger partial charge in [-0.25, -0.2) is 9.13 Å². The highest BCUT2D eigenvalue weighted by molar-refractivity contribution is 6.30. The Morgan fingerprint density at radius 2 is 1.86 bits per heavy atom. The monoisotopic (exact) mass is 402 g/mol. The zero-order valence-corrected chi connectivity index (χ0v) is 17.1. The molecule has 3 N–H and O–H groups in total. The predicted octanol–water partition coefficient (Wildman–Crippen LogP) is 4.18. The van der Waals surface area contributed by atoms with Crippen LogP contribution in [0, 0.1) is 0 Å². The second-order valence-electron chi connectivity index (χ2n) is 7.09. The summed E-state index contributed by atoms with van der Waals surface area (Å²) in [5.74, 6) is 1.35. The number of hydrogen-bond donors (Lipinski definition) is 2. The molecule has 1 unspecified atom stereocenters. The molecule has 1 aromatic heterocycles. The first-order valence-corrected chi connectivity index (χ1v) is 10.3. The van der Waals surface area contributed by atoms with Crippen molar-refractivity contribution in [3.05, 3.63) is 53.6 Å². The van der Waals surface area contributed by atoms with E-state index in [9.17, 15) is 5.11 Å². The fourth-order valence-electron chi connectivity index (χ4n) is 3.42. The van der Waals surface area contributed by atoms with Crippen molar-refractivity contribution in [1.82, 2.24) is 4.57 Å². The van der Waals surface area contributed by atoms with Crippen LogP contribution in [-0.4, -0.2) is 22.4 Å². The van der Waals surface area contributed by atoms with Gasteiger partial charge in [0.25, 0.3) is 0 Å². The van der Waals surface area contributed by atoms with Gasteiger partial charge < -0.3 is 9.84 Å². The number of nitrogens with zero attached hydrogens (tertiary/aromatic N) is 2. The van der Waals surface area contributed by atoms with E-state index in [0.717, 1.165) is 24.0 Å². The Kier molecular flexibility index (Phi) is 7.18. The summed E-state index contributed by atoms with van der Waals surface area (Å²) in [6.07, 6.45) is 4.06. The molecule has 0 spiro atoms. The molecule has 0 fully saturated rings. The van der Waals surface area contributed by atoms with Crippen molar-refractivity contribution < 1.29 is 14.4 Å². The molecular formula is C22H29ClN3O2+. The Labute approximate surface area is 171 Å². The number of aliphatic hydroxyl groups is 1. The SMILES string of the molecule is CCCCCCn1c(N)[n+](CC(O)COc2ccc(Cl)cc2)c2ccccc21. The lowest BCUT2D eigenvalue weighted by Gasteiger charge is -2.12. The zero-order valence-electron chi connectivity index (χ0n) is 16.4. The summed E-state index contributed by atoms with van der Waals surface area (Å²) in [7, 11) is 0. The van der Waals surface area contributed by atoms with Gasteiger partial charge >= 0.3 is 5.95 Å². The highest BCUT2D eigenvalue weighted by Gasteiger charge is 2.22. The van der Waals surface area contributed by atoms with Crippen molar-refractivity contribution >= 4 is 28.6 Å². The van der Waals surface area contributed by atoms with Crippen LogP contribution in [0.1, 0.15) is 32.6 Å². The van der Waals surface area contributed by atoms with Gasteiger partial charge in [0.1, 0.15) is 36.0 Å². The summed E-state index contributed by atoms with van der Waals surface area (Å²) >= 11 is 5.89. The number of aromatic nitrogens is 2. The molecule has 1 atom stereocenters. The maximum Gasteiger partial charge on any atom is 0.356 e. The van der Waals surface area contributed by atoms with E-state index in [1.807, 2.05) is 22.8 Å². The lowest BCUT2D eigenvalue weighted by Crippen LogP contribution is -2.43. The Morgan fingerprint density at radius 1 is 1.11 bits per heavy atom. The lowest BCUT2D eigenvalue weighted by molar-refractivity contribution is -0.665. The van der Waals surface area contributed by atoms with Crippen LogP contribution in [0.3, 0.4) is 0 Å². The third-order valence-corrected chi connectivity index (χ3v) is 5.15. The zero-order chi connectivity index (χ0) is 19.9. The third kappa shape index (κ3) is 4.97. The number of para-hydroxylation sites is 2. The van der Waals surface area contributed by atoms with Crippen LogP contribution in [-0.2, 0) is 13.1 Å². The van der Waals surface area contributed by atoms with E-state index in [1.54, 1.807) is 24.3 Å². The van der Waals surface area contributed by atoms with E-state index in [4.69, 9.17) is 22.1 Å². The number of unbranched alkanes of at least 4 members (excludes halogenated alkanes) is 3. The van der Waals surface area contributed by atoms with Crippen molar-refractivity contribution in [1.29, 1.82) is 0 Å². The third-order valence-electron chi connectivity index (χ3n) is 4.90. The highest BCUT2D eigenvalue weighted by atomic mass is 35.5. The van der Waals surface area contributed by atoms with E-state index < -0.39 is 6.10 Å². The van der Waals surface area contributed by atoms with E-state index in [-0.39, 0.29) is 6.61 Å². The van der Waals surface area contributed by atoms with Crippen LogP contribution < -0.4 is 15.0 Å². The number of imidazole rings is 1. The van der Waals surface area contributed by atoms with Crippen LogP contribution in [0.25, 0.3) is 11.0 Å². The molecule has 5 nitrogen and oxygen atoms in total. The number of aliphatic hydroxyl groups excluding tert-OH is 1. The maximum atomic E-state index is 10.5. The summed E-state index contributed by atoms with van der Waals surface area (Å²) in [5, 5.41) is 11.2. The minimum absolute atomic E-state index is 0.185. The molecule has 150 valence electrons. The normalized spacial score (nSPS) is 12.4. The van der Waals surface area contributed by atoms with Crippen LogP contribution >= 0.6 is 11.6 Å². The highest BCUT2D eigenvalue weighted by Crippen LogP contribution is 2.18. The molecule has 6 heteroatoms. The van der Waals surface area contributed by atoms with Crippen molar-refractivity contribution in [3.8, 4) is 5.75 Å². The Morgan fingerprint density at radius 3 is 2.61 bits per heavy atom. The minimum Gasteiger partial charge on any atom is -0.491 e. The number of ether oxygens (including phenoxy) is 1. The van der Waals surface area contributed by atoms with Gasteiger partial charge in [-0.3, -0.25) is 5.73 Å². The summed E-state index contributed by atoms with van der Waals surface area (Å²) in [4.78, 5) is 0. The molecule has 0 bridgehead atoms. The topological polar surface area (TPSA) is 64.3 Å². The number of anilines is 1. The van der Waals surface area contributed by atoms with Gasteiger partial charge in [0, 0.05) is 5.02 Å². The van der Waals surface area contributed by atoms with Crippen LogP contribution in [0.2, 0.25) is 5.02 Å². The quantitative estimate of drug-likeness (QED) is 0.395. The van der Waals surface area contributed by atoms with Gasteiger partial charge in [0.2, 0.25) is 0 Å². The van der Waals surface area contributed by atoms with Gasteiger partial charge in [-0.05, 0) is 42.8 Å². The molecule has 28 heavy (non-hydrogen) atoms. The first-order valence-electron chi connectivity index (χ1n) is 9.93. The minimum atomic E-state index is -0.678. The van der Waals surface area contributed by atoms with Crippen molar-refractivity contribution in [2.24, 2.45) is 0 Å².